The molecule has 1 aliphatic carbocycles. The van der Waals surface area contributed by atoms with Gasteiger partial charge in [-0.15, -0.1) is 0 Å². The van der Waals surface area contributed by atoms with Crippen LogP contribution in [0.1, 0.15) is 18.4 Å². The van der Waals surface area contributed by atoms with Gasteiger partial charge in [-0.2, -0.15) is 0 Å². The summed E-state index contributed by atoms with van der Waals surface area (Å²) < 4.78 is 5.90. The summed E-state index contributed by atoms with van der Waals surface area (Å²) in [5, 5.41) is 9.85. The number of hydrogen-bond acceptors (Lipinski definition) is 3. The van der Waals surface area contributed by atoms with Crippen molar-refractivity contribution in [3.63, 3.8) is 0 Å². The quantitative estimate of drug-likeness (QED) is 0.861. The van der Waals surface area contributed by atoms with E-state index < -0.39 is 0 Å². The van der Waals surface area contributed by atoms with Gasteiger partial charge >= 0.3 is 0 Å². The molecule has 3 rings (SSSR count). The van der Waals surface area contributed by atoms with Gasteiger partial charge in [0, 0.05) is 19.6 Å². The van der Waals surface area contributed by atoms with Crippen molar-refractivity contribution in [1.82, 2.24) is 4.90 Å². The molecule has 1 heterocycles. The number of β-amino-alcohol motifs (C(OH)–C–C–N with tert-alkyl or cyclic N) is 1. The van der Waals surface area contributed by atoms with Crippen LogP contribution in [0.15, 0.2) is 24.3 Å². The first-order chi connectivity index (χ1) is 8.70. The number of aryl methyl sites for hydroxylation is 1. The normalized spacial score (nSPS) is 22.6. The summed E-state index contributed by atoms with van der Waals surface area (Å²) in [6.07, 6.45) is 2.58. The van der Waals surface area contributed by atoms with Crippen molar-refractivity contribution in [2.45, 2.75) is 32.0 Å². The monoisotopic (exact) mass is 247 g/mol. The second-order valence-corrected chi connectivity index (χ2v) is 5.68. The number of benzene rings is 1. The minimum Gasteiger partial charge on any atom is -0.488 e. The molecular formula is C15H21NO2. The lowest BCUT2D eigenvalue weighted by atomic mass is 10.1. The van der Waals surface area contributed by atoms with Crippen molar-refractivity contribution in [3.8, 4) is 5.75 Å². The van der Waals surface area contributed by atoms with Crippen molar-refractivity contribution in [2.75, 3.05) is 19.6 Å². The highest BCUT2D eigenvalue weighted by Gasteiger charge is 2.35. The number of aliphatic hydroxyl groups excluding tert-OH is 1. The van der Waals surface area contributed by atoms with E-state index in [0.717, 1.165) is 25.4 Å². The van der Waals surface area contributed by atoms with Crippen LogP contribution in [0.2, 0.25) is 0 Å². The highest BCUT2D eigenvalue weighted by Crippen LogP contribution is 2.33. The van der Waals surface area contributed by atoms with E-state index in [-0.39, 0.29) is 6.10 Å². The van der Waals surface area contributed by atoms with Gasteiger partial charge in [0.25, 0.3) is 0 Å². The minimum atomic E-state index is -0.120. The zero-order chi connectivity index (χ0) is 12.5. The summed E-state index contributed by atoms with van der Waals surface area (Å²) >= 11 is 0. The Balaban J connectivity index is 1.42. The van der Waals surface area contributed by atoms with E-state index in [0.29, 0.717) is 12.0 Å². The summed E-state index contributed by atoms with van der Waals surface area (Å²) in [5.41, 5.74) is 1.23. The third-order valence-corrected chi connectivity index (χ3v) is 3.83. The molecule has 3 heteroatoms. The Kier molecular flexibility index (Phi) is 3.27. The van der Waals surface area contributed by atoms with E-state index in [2.05, 4.69) is 24.0 Å². The molecule has 98 valence electrons. The van der Waals surface area contributed by atoms with Crippen molar-refractivity contribution in [3.05, 3.63) is 29.8 Å². The molecule has 0 radical (unpaired) electrons. The molecule has 2 fully saturated rings. The standard InChI is InChI=1S/C15H21NO2/c1-11-3-2-4-13(7-11)18-14-8-16(9-14)10-15(17)12-5-6-12/h2-4,7,12,14-15,17H,5-6,8-10H2,1H3/t15-/m1/s1. The molecule has 18 heavy (non-hydrogen) atoms. The average molecular weight is 247 g/mol. The number of ether oxygens (including phenoxy) is 1. The molecule has 1 N–H and O–H groups in total. The van der Waals surface area contributed by atoms with E-state index in [9.17, 15) is 5.11 Å². The average Bonchev–Trinajstić information content (AvgIpc) is 3.09. The zero-order valence-corrected chi connectivity index (χ0v) is 10.9. The highest BCUT2D eigenvalue weighted by atomic mass is 16.5. The van der Waals surface area contributed by atoms with Gasteiger partial charge in [0.05, 0.1) is 6.10 Å². The van der Waals surface area contributed by atoms with Crippen LogP contribution in [-0.2, 0) is 0 Å². The molecule has 1 aliphatic heterocycles. The molecule has 2 aliphatic rings. The van der Waals surface area contributed by atoms with E-state index in [4.69, 9.17) is 4.74 Å². The molecule has 0 unspecified atom stereocenters. The van der Waals surface area contributed by atoms with Crippen molar-refractivity contribution >= 4 is 0 Å². The Morgan fingerprint density at radius 1 is 1.39 bits per heavy atom. The molecule has 1 atom stereocenters. The second-order valence-electron chi connectivity index (χ2n) is 5.68. The molecule has 1 aromatic rings. The predicted octanol–water partition coefficient (Wildman–Crippen LogP) is 1.83. The molecule has 0 aromatic heterocycles. The highest BCUT2D eigenvalue weighted by molar-refractivity contribution is 5.27. The van der Waals surface area contributed by atoms with E-state index in [1.54, 1.807) is 0 Å². The number of rotatable bonds is 5. The maximum Gasteiger partial charge on any atom is 0.124 e. The van der Waals surface area contributed by atoms with Crippen LogP contribution in [0.4, 0.5) is 0 Å². The number of aliphatic hydroxyl groups is 1. The third-order valence-electron chi connectivity index (χ3n) is 3.83. The van der Waals surface area contributed by atoms with Gasteiger partial charge in [-0.3, -0.25) is 4.90 Å². The first-order valence-electron chi connectivity index (χ1n) is 6.84. The van der Waals surface area contributed by atoms with Gasteiger partial charge in [-0.1, -0.05) is 12.1 Å². The molecule has 0 amide bonds. The minimum absolute atomic E-state index is 0.120. The fourth-order valence-electron chi connectivity index (χ4n) is 2.52. The molecule has 1 aromatic carbocycles. The van der Waals surface area contributed by atoms with Gasteiger partial charge in [0.1, 0.15) is 11.9 Å². The molecule has 0 bridgehead atoms. The molecule has 3 nitrogen and oxygen atoms in total. The van der Waals surface area contributed by atoms with Crippen LogP contribution < -0.4 is 4.74 Å². The maximum absolute atomic E-state index is 9.85. The Labute approximate surface area is 108 Å². The fourth-order valence-corrected chi connectivity index (χ4v) is 2.52. The largest absolute Gasteiger partial charge is 0.488 e. The van der Waals surface area contributed by atoms with Gasteiger partial charge in [0.15, 0.2) is 0 Å². The Bertz CT molecular complexity index is 411. The summed E-state index contributed by atoms with van der Waals surface area (Å²) in [6, 6.07) is 8.18. The van der Waals surface area contributed by atoms with Crippen molar-refractivity contribution in [1.29, 1.82) is 0 Å². The first kappa shape index (κ1) is 12.0. The maximum atomic E-state index is 9.85. The Morgan fingerprint density at radius 3 is 2.83 bits per heavy atom. The van der Waals surface area contributed by atoms with Crippen LogP contribution in [0.5, 0.6) is 5.75 Å². The summed E-state index contributed by atoms with van der Waals surface area (Å²) in [7, 11) is 0. The van der Waals surface area contributed by atoms with Crippen LogP contribution >= 0.6 is 0 Å². The van der Waals surface area contributed by atoms with Gasteiger partial charge in [-0.05, 0) is 43.4 Å². The predicted molar refractivity (Wildman–Crippen MR) is 70.8 cm³/mol. The van der Waals surface area contributed by atoms with E-state index in [1.165, 1.54) is 18.4 Å². The Hall–Kier alpha value is -1.06. The lowest BCUT2D eigenvalue weighted by molar-refractivity contribution is -0.0125. The molecular weight excluding hydrogens is 226 g/mol. The third kappa shape index (κ3) is 2.85. The van der Waals surface area contributed by atoms with E-state index in [1.807, 2.05) is 12.1 Å². The zero-order valence-electron chi connectivity index (χ0n) is 10.9. The topological polar surface area (TPSA) is 32.7 Å². The molecule has 1 saturated heterocycles. The fraction of sp³-hybridized carbons (Fsp3) is 0.600. The number of nitrogens with zero attached hydrogens (tertiary/aromatic N) is 1. The van der Waals surface area contributed by atoms with Crippen molar-refractivity contribution in [2.24, 2.45) is 5.92 Å². The second kappa shape index (κ2) is 4.90. The summed E-state index contributed by atoms with van der Waals surface area (Å²) in [5.74, 6) is 1.53. The Morgan fingerprint density at radius 2 is 2.17 bits per heavy atom. The number of hydrogen-bond donors (Lipinski definition) is 1. The summed E-state index contributed by atoms with van der Waals surface area (Å²) in [4.78, 5) is 2.28. The first-order valence-corrected chi connectivity index (χ1v) is 6.84. The number of likely N-dealkylation sites (tertiary alicyclic amines) is 1. The van der Waals surface area contributed by atoms with Crippen LogP contribution in [0, 0.1) is 12.8 Å². The molecule has 0 spiro atoms. The lowest BCUT2D eigenvalue weighted by Gasteiger charge is -2.40. The van der Waals surface area contributed by atoms with Crippen LogP contribution in [0.25, 0.3) is 0 Å². The van der Waals surface area contributed by atoms with Gasteiger partial charge in [0.2, 0.25) is 0 Å². The van der Waals surface area contributed by atoms with Gasteiger partial charge < -0.3 is 9.84 Å². The van der Waals surface area contributed by atoms with E-state index >= 15 is 0 Å². The van der Waals surface area contributed by atoms with Gasteiger partial charge in [-0.25, -0.2) is 0 Å². The van der Waals surface area contributed by atoms with Crippen molar-refractivity contribution < 1.29 is 9.84 Å². The summed E-state index contributed by atoms with van der Waals surface area (Å²) in [6.45, 7) is 4.78. The van der Waals surface area contributed by atoms with Crippen LogP contribution in [0.3, 0.4) is 0 Å². The lowest BCUT2D eigenvalue weighted by Crippen LogP contribution is -2.55. The smallest absolute Gasteiger partial charge is 0.124 e. The molecule has 1 saturated carbocycles. The SMILES string of the molecule is Cc1cccc(OC2CN(C[C@@H](O)C3CC3)C2)c1. The van der Waals surface area contributed by atoms with Crippen LogP contribution in [-0.4, -0.2) is 41.8 Å².